The molecule has 0 bridgehead atoms. The summed E-state index contributed by atoms with van der Waals surface area (Å²) < 4.78 is 10.5. The van der Waals surface area contributed by atoms with Gasteiger partial charge >= 0.3 is 0 Å². The maximum atomic E-state index is 9.79. The van der Waals surface area contributed by atoms with Crippen LogP contribution in [0.25, 0.3) is 0 Å². The smallest absolute Gasteiger partial charge is 0.160 e. The highest BCUT2D eigenvalue weighted by molar-refractivity contribution is 5.43. The Balaban J connectivity index is 2.12. The Labute approximate surface area is 119 Å². The first kappa shape index (κ1) is 14.2. The van der Waals surface area contributed by atoms with Gasteiger partial charge in [0.15, 0.2) is 11.5 Å². The predicted octanol–water partition coefficient (Wildman–Crippen LogP) is 2.90. The largest absolute Gasteiger partial charge is 0.506 e. The summed E-state index contributed by atoms with van der Waals surface area (Å²) >= 11 is 0. The lowest BCUT2D eigenvalue weighted by Gasteiger charge is -2.10. The predicted molar refractivity (Wildman–Crippen MR) is 77.6 cm³/mol. The fourth-order valence-electron chi connectivity index (χ4n) is 2.09. The highest BCUT2D eigenvalue weighted by Gasteiger charge is 2.07. The van der Waals surface area contributed by atoms with Crippen LogP contribution in [0.3, 0.4) is 0 Å². The van der Waals surface area contributed by atoms with Gasteiger partial charge in [-0.15, -0.1) is 0 Å². The minimum atomic E-state index is 0.246. The Hall–Kier alpha value is -2.23. The van der Waals surface area contributed by atoms with Crippen LogP contribution in [0.15, 0.2) is 30.3 Å². The average Bonchev–Trinajstić information content (AvgIpc) is 2.47. The summed E-state index contributed by atoms with van der Waals surface area (Å²) in [6.45, 7) is 1.92. The van der Waals surface area contributed by atoms with Crippen LogP contribution in [-0.2, 0) is 12.8 Å². The average molecular weight is 273 g/mol. The van der Waals surface area contributed by atoms with E-state index in [9.17, 15) is 5.11 Å². The van der Waals surface area contributed by atoms with Crippen LogP contribution in [0.4, 0.5) is 0 Å². The number of hydrogen-bond acceptors (Lipinski definition) is 4. The zero-order valence-corrected chi connectivity index (χ0v) is 12.0. The second-order valence-corrected chi connectivity index (χ2v) is 4.61. The highest BCUT2D eigenvalue weighted by atomic mass is 16.5. The van der Waals surface area contributed by atoms with Crippen molar-refractivity contribution in [2.75, 3.05) is 14.2 Å². The molecule has 106 valence electrons. The van der Waals surface area contributed by atoms with Crippen molar-refractivity contribution in [2.24, 2.45) is 0 Å². The second-order valence-electron chi connectivity index (χ2n) is 4.61. The molecule has 0 aliphatic rings. The van der Waals surface area contributed by atoms with Crippen LogP contribution < -0.4 is 9.47 Å². The van der Waals surface area contributed by atoms with Crippen LogP contribution in [0.2, 0.25) is 0 Å². The van der Waals surface area contributed by atoms with Crippen molar-refractivity contribution in [3.8, 4) is 17.2 Å². The highest BCUT2D eigenvalue weighted by Crippen LogP contribution is 2.28. The van der Waals surface area contributed by atoms with Gasteiger partial charge in [0.1, 0.15) is 5.75 Å². The van der Waals surface area contributed by atoms with Crippen molar-refractivity contribution in [1.82, 2.24) is 4.98 Å². The van der Waals surface area contributed by atoms with Crippen LogP contribution in [0.5, 0.6) is 17.2 Å². The van der Waals surface area contributed by atoms with Crippen LogP contribution in [-0.4, -0.2) is 24.3 Å². The topological polar surface area (TPSA) is 51.6 Å². The van der Waals surface area contributed by atoms with Gasteiger partial charge in [-0.25, -0.2) is 0 Å². The summed E-state index contributed by atoms with van der Waals surface area (Å²) in [5.41, 5.74) is 2.75. The third kappa shape index (κ3) is 3.20. The van der Waals surface area contributed by atoms with Gasteiger partial charge in [-0.2, -0.15) is 0 Å². The van der Waals surface area contributed by atoms with Gasteiger partial charge in [0, 0.05) is 5.69 Å². The molecule has 0 aliphatic heterocycles. The molecule has 0 spiro atoms. The zero-order valence-electron chi connectivity index (χ0n) is 12.0. The molecular formula is C16H19NO3. The number of rotatable bonds is 5. The summed E-state index contributed by atoms with van der Waals surface area (Å²) in [7, 11) is 3.24. The monoisotopic (exact) mass is 273 g/mol. The Morgan fingerprint density at radius 3 is 2.45 bits per heavy atom. The van der Waals surface area contributed by atoms with Crippen molar-refractivity contribution in [3.05, 3.63) is 47.3 Å². The van der Waals surface area contributed by atoms with Crippen molar-refractivity contribution in [1.29, 1.82) is 0 Å². The molecule has 0 unspecified atom stereocenters. The molecule has 0 radical (unpaired) electrons. The maximum absolute atomic E-state index is 9.79. The molecule has 2 aromatic rings. The Kier molecular flexibility index (Phi) is 4.45. The van der Waals surface area contributed by atoms with E-state index in [1.54, 1.807) is 26.4 Å². The molecule has 4 heteroatoms. The van der Waals surface area contributed by atoms with Gasteiger partial charge in [-0.3, -0.25) is 4.98 Å². The molecule has 20 heavy (non-hydrogen) atoms. The van der Waals surface area contributed by atoms with E-state index < -0.39 is 0 Å². The molecule has 1 aromatic carbocycles. The van der Waals surface area contributed by atoms with Gasteiger partial charge in [-0.1, -0.05) is 6.07 Å². The molecule has 0 atom stereocenters. The molecule has 0 fully saturated rings. The van der Waals surface area contributed by atoms with Crippen LogP contribution in [0, 0.1) is 6.92 Å². The van der Waals surface area contributed by atoms with Gasteiger partial charge in [0.2, 0.25) is 0 Å². The summed E-state index contributed by atoms with van der Waals surface area (Å²) in [6.07, 6.45) is 1.47. The fraction of sp³-hybridized carbons (Fsp3) is 0.312. The molecule has 4 nitrogen and oxygen atoms in total. The molecule has 1 aromatic heterocycles. The molecule has 2 rings (SSSR count). The number of ether oxygens (including phenoxy) is 2. The Morgan fingerprint density at radius 1 is 1.00 bits per heavy atom. The van der Waals surface area contributed by atoms with E-state index in [1.165, 1.54) is 0 Å². The lowest BCUT2D eigenvalue weighted by Crippen LogP contribution is -1.98. The Bertz CT molecular complexity index is 596. The Morgan fingerprint density at radius 2 is 1.75 bits per heavy atom. The normalized spacial score (nSPS) is 10.3. The van der Waals surface area contributed by atoms with E-state index in [2.05, 4.69) is 4.98 Å². The number of aryl methyl sites for hydroxylation is 3. The number of nitrogens with zero attached hydrogens (tertiary/aromatic N) is 1. The number of aromatic nitrogens is 1. The van der Waals surface area contributed by atoms with Crippen LogP contribution in [0.1, 0.15) is 17.0 Å². The van der Waals surface area contributed by atoms with E-state index in [4.69, 9.17) is 9.47 Å². The van der Waals surface area contributed by atoms with E-state index in [0.29, 0.717) is 17.9 Å². The van der Waals surface area contributed by atoms with Gasteiger partial charge in [0.05, 0.1) is 19.9 Å². The third-order valence-electron chi connectivity index (χ3n) is 3.19. The lowest BCUT2D eigenvalue weighted by molar-refractivity contribution is 0.354. The molecule has 1 heterocycles. The maximum Gasteiger partial charge on any atom is 0.160 e. The van der Waals surface area contributed by atoms with Gasteiger partial charge < -0.3 is 14.6 Å². The number of benzene rings is 1. The van der Waals surface area contributed by atoms with Crippen LogP contribution >= 0.6 is 0 Å². The first-order valence-corrected chi connectivity index (χ1v) is 6.50. The lowest BCUT2D eigenvalue weighted by atomic mass is 10.1. The number of pyridine rings is 1. The zero-order chi connectivity index (χ0) is 14.5. The fourth-order valence-corrected chi connectivity index (χ4v) is 2.09. The van der Waals surface area contributed by atoms with E-state index in [-0.39, 0.29) is 5.75 Å². The molecule has 0 amide bonds. The van der Waals surface area contributed by atoms with Crippen molar-refractivity contribution in [2.45, 2.75) is 19.8 Å². The minimum absolute atomic E-state index is 0.246. The first-order chi connectivity index (χ1) is 9.63. The summed E-state index contributed by atoms with van der Waals surface area (Å²) in [5.74, 6) is 1.68. The summed E-state index contributed by atoms with van der Waals surface area (Å²) in [4.78, 5) is 4.36. The van der Waals surface area contributed by atoms with Crippen molar-refractivity contribution in [3.63, 3.8) is 0 Å². The van der Waals surface area contributed by atoms with E-state index in [0.717, 1.165) is 23.4 Å². The molecule has 0 saturated heterocycles. The molecule has 1 N–H and O–H groups in total. The van der Waals surface area contributed by atoms with Crippen molar-refractivity contribution < 1.29 is 14.6 Å². The first-order valence-electron chi connectivity index (χ1n) is 6.50. The summed E-state index contributed by atoms with van der Waals surface area (Å²) in [5, 5.41) is 9.79. The quantitative estimate of drug-likeness (QED) is 0.910. The number of hydrogen-bond donors (Lipinski definition) is 1. The SMILES string of the molecule is COc1ccc(CCc2nc(C)ccc2O)cc1OC. The van der Waals surface area contributed by atoms with E-state index in [1.807, 2.05) is 25.1 Å². The third-order valence-corrected chi connectivity index (χ3v) is 3.19. The number of methoxy groups -OCH3 is 2. The minimum Gasteiger partial charge on any atom is -0.506 e. The van der Waals surface area contributed by atoms with Gasteiger partial charge in [-0.05, 0) is 49.6 Å². The molecule has 0 aliphatic carbocycles. The molecular weight excluding hydrogens is 254 g/mol. The standard InChI is InChI=1S/C16H19NO3/c1-11-4-8-14(18)13(17-11)7-5-12-6-9-15(19-2)16(10-12)20-3/h4,6,8-10,18H,5,7H2,1-3H3. The number of aromatic hydroxyl groups is 1. The second kappa shape index (κ2) is 6.28. The summed E-state index contributed by atoms with van der Waals surface area (Å²) in [6, 6.07) is 9.32. The van der Waals surface area contributed by atoms with E-state index >= 15 is 0 Å². The molecule has 0 saturated carbocycles. The van der Waals surface area contributed by atoms with Crippen molar-refractivity contribution >= 4 is 0 Å². The van der Waals surface area contributed by atoms with Gasteiger partial charge in [0.25, 0.3) is 0 Å².